The zero-order chi connectivity index (χ0) is 10.3. The molecule has 1 aliphatic carbocycles. The van der Waals surface area contributed by atoms with Crippen molar-refractivity contribution in [1.29, 1.82) is 0 Å². The molecule has 3 rings (SSSR count). The highest BCUT2D eigenvalue weighted by Crippen LogP contribution is 2.40. The van der Waals surface area contributed by atoms with Crippen LogP contribution in [0, 0.1) is 6.92 Å². The molecule has 1 aliphatic rings. The second kappa shape index (κ2) is 3.23. The monoisotopic (exact) mass is 194 g/mol. The minimum atomic E-state index is 0.641. The SMILES string of the molecule is Cc1ccccc1C1Cc2ccccc21. The summed E-state index contributed by atoms with van der Waals surface area (Å²) < 4.78 is 0. The van der Waals surface area contributed by atoms with Crippen LogP contribution in [0.4, 0.5) is 0 Å². The minimum Gasteiger partial charge on any atom is -0.0620 e. The van der Waals surface area contributed by atoms with Gasteiger partial charge in [0.15, 0.2) is 0 Å². The van der Waals surface area contributed by atoms with Gasteiger partial charge in [0.2, 0.25) is 0 Å². The zero-order valence-corrected chi connectivity index (χ0v) is 8.90. The summed E-state index contributed by atoms with van der Waals surface area (Å²) >= 11 is 0. The van der Waals surface area contributed by atoms with Crippen LogP contribution in [0.3, 0.4) is 0 Å². The van der Waals surface area contributed by atoms with Gasteiger partial charge in [0.25, 0.3) is 0 Å². The van der Waals surface area contributed by atoms with E-state index < -0.39 is 0 Å². The second-order valence-corrected chi connectivity index (χ2v) is 4.31. The van der Waals surface area contributed by atoms with Crippen LogP contribution in [-0.2, 0) is 6.42 Å². The molecule has 1 atom stereocenters. The maximum absolute atomic E-state index is 2.26. The van der Waals surface area contributed by atoms with Crippen LogP contribution >= 0.6 is 0 Å². The summed E-state index contributed by atoms with van der Waals surface area (Å²) in [7, 11) is 0. The molecule has 0 fully saturated rings. The number of hydrogen-bond acceptors (Lipinski definition) is 0. The number of rotatable bonds is 1. The minimum absolute atomic E-state index is 0.641. The number of benzene rings is 2. The summed E-state index contributed by atoms with van der Waals surface area (Å²) in [5, 5.41) is 0. The highest BCUT2D eigenvalue weighted by Gasteiger charge is 2.27. The molecule has 0 spiro atoms. The lowest BCUT2D eigenvalue weighted by Gasteiger charge is -2.31. The summed E-state index contributed by atoms with van der Waals surface area (Å²) in [5.74, 6) is 0.641. The summed E-state index contributed by atoms with van der Waals surface area (Å²) in [6.45, 7) is 2.20. The van der Waals surface area contributed by atoms with E-state index in [0.29, 0.717) is 5.92 Å². The van der Waals surface area contributed by atoms with Crippen LogP contribution in [0.2, 0.25) is 0 Å². The van der Waals surface area contributed by atoms with Crippen molar-refractivity contribution >= 4 is 0 Å². The third-order valence-electron chi connectivity index (χ3n) is 3.42. The van der Waals surface area contributed by atoms with Crippen molar-refractivity contribution in [2.75, 3.05) is 0 Å². The van der Waals surface area contributed by atoms with E-state index in [0.717, 1.165) is 0 Å². The maximum atomic E-state index is 2.26. The lowest BCUT2D eigenvalue weighted by atomic mass is 9.73. The highest BCUT2D eigenvalue weighted by molar-refractivity contribution is 5.49. The van der Waals surface area contributed by atoms with Gasteiger partial charge in [-0.05, 0) is 35.6 Å². The summed E-state index contributed by atoms with van der Waals surface area (Å²) in [6, 6.07) is 17.5. The van der Waals surface area contributed by atoms with Crippen LogP contribution in [-0.4, -0.2) is 0 Å². The Morgan fingerprint density at radius 1 is 0.867 bits per heavy atom. The lowest BCUT2D eigenvalue weighted by molar-refractivity contribution is 0.703. The van der Waals surface area contributed by atoms with Gasteiger partial charge in [0.05, 0.1) is 0 Å². The first-order valence-electron chi connectivity index (χ1n) is 5.49. The number of hydrogen-bond donors (Lipinski definition) is 0. The predicted octanol–water partition coefficient (Wildman–Crippen LogP) is 3.68. The molecule has 74 valence electrons. The van der Waals surface area contributed by atoms with Crippen LogP contribution in [0.15, 0.2) is 48.5 Å². The molecule has 2 aromatic carbocycles. The standard InChI is InChI=1S/C15H14/c1-11-6-2-4-8-13(11)15-10-12-7-3-5-9-14(12)15/h2-9,15H,10H2,1H3. The Morgan fingerprint density at radius 2 is 1.53 bits per heavy atom. The Morgan fingerprint density at radius 3 is 2.27 bits per heavy atom. The van der Waals surface area contributed by atoms with E-state index in [1.807, 2.05) is 0 Å². The van der Waals surface area contributed by atoms with E-state index in [-0.39, 0.29) is 0 Å². The van der Waals surface area contributed by atoms with Gasteiger partial charge in [-0.1, -0.05) is 48.5 Å². The molecule has 0 aromatic heterocycles. The van der Waals surface area contributed by atoms with Crippen molar-refractivity contribution in [3.05, 3.63) is 70.8 Å². The maximum Gasteiger partial charge on any atom is 0.0135 e. The number of aryl methyl sites for hydroxylation is 1. The molecular formula is C15H14. The molecule has 0 N–H and O–H groups in total. The smallest absolute Gasteiger partial charge is 0.0135 e. The van der Waals surface area contributed by atoms with Crippen LogP contribution in [0.1, 0.15) is 28.2 Å². The Hall–Kier alpha value is -1.56. The molecule has 0 amide bonds. The molecule has 0 bridgehead atoms. The molecule has 0 saturated carbocycles. The van der Waals surface area contributed by atoms with Gasteiger partial charge in [-0.15, -0.1) is 0 Å². The lowest BCUT2D eigenvalue weighted by Crippen LogP contribution is -2.18. The van der Waals surface area contributed by atoms with Gasteiger partial charge >= 0.3 is 0 Å². The van der Waals surface area contributed by atoms with E-state index in [1.54, 1.807) is 0 Å². The largest absolute Gasteiger partial charge is 0.0620 e. The first kappa shape index (κ1) is 8.72. The average Bonchev–Trinajstić information content (AvgIpc) is 2.23. The molecule has 2 aromatic rings. The van der Waals surface area contributed by atoms with Gasteiger partial charge in [-0.25, -0.2) is 0 Å². The topological polar surface area (TPSA) is 0 Å². The van der Waals surface area contributed by atoms with Crippen molar-refractivity contribution < 1.29 is 0 Å². The van der Waals surface area contributed by atoms with Gasteiger partial charge in [-0.2, -0.15) is 0 Å². The summed E-state index contributed by atoms with van der Waals surface area (Å²) in [4.78, 5) is 0. The fourth-order valence-electron chi connectivity index (χ4n) is 2.51. The first-order chi connectivity index (χ1) is 7.36. The Kier molecular flexibility index (Phi) is 1.88. The van der Waals surface area contributed by atoms with E-state index in [4.69, 9.17) is 0 Å². The van der Waals surface area contributed by atoms with Crippen LogP contribution in [0.25, 0.3) is 0 Å². The quantitative estimate of drug-likeness (QED) is 0.649. The first-order valence-corrected chi connectivity index (χ1v) is 5.49. The van der Waals surface area contributed by atoms with E-state index in [2.05, 4.69) is 55.5 Å². The summed E-state index contributed by atoms with van der Waals surface area (Å²) in [5.41, 5.74) is 5.95. The molecule has 15 heavy (non-hydrogen) atoms. The summed E-state index contributed by atoms with van der Waals surface area (Å²) in [6.07, 6.45) is 1.21. The van der Waals surface area contributed by atoms with E-state index >= 15 is 0 Å². The third-order valence-corrected chi connectivity index (χ3v) is 3.42. The van der Waals surface area contributed by atoms with Crippen molar-refractivity contribution in [2.45, 2.75) is 19.3 Å². The molecule has 0 aliphatic heterocycles. The van der Waals surface area contributed by atoms with Crippen molar-refractivity contribution in [3.63, 3.8) is 0 Å². The molecule has 0 radical (unpaired) electrons. The Bertz CT molecular complexity index is 497. The molecule has 0 saturated heterocycles. The van der Waals surface area contributed by atoms with Gasteiger partial charge in [-0.3, -0.25) is 0 Å². The average molecular weight is 194 g/mol. The van der Waals surface area contributed by atoms with Crippen molar-refractivity contribution in [2.24, 2.45) is 0 Å². The van der Waals surface area contributed by atoms with E-state index in [9.17, 15) is 0 Å². The fourth-order valence-corrected chi connectivity index (χ4v) is 2.51. The van der Waals surface area contributed by atoms with Gasteiger partial charge in [0, 0.05) is 5.92 Å². The predicted molar refractivity (Wildman–Crippen MR) is 63.2 cm³/mol. The van der Waals surface area contributed by atoms with Crippen LogP contribution in [0.5, 0.6) is 0 Å². The molecule has 0 heteroatoms. The molecule has 1 unspecified atom stereocenters. The zero-order valence-electron chi connectivity index (χ0n) is 8.90. The third kappa shape index (κ3) is 1.29. The molecule has 0 heterocycles. The van der Waals surface area contributed by atoms with Crippen molar-refractivity contribution in [1.82, 2.24) is 0 Å². The molecule has 0 nitrogen and oxygen atoms in total. The van der Waals surface area contributed by atoms with E-state index in [1.165, 1.54) is 28.7 Å². The normalized spacial score (nSPS) is 18.1. The second-order valence-electron chi connectivity index (χ2n) is 4.31. The highest BCUT2D eigenvalue weighted by atomic mass is 14.3. The number of fused-ring (bicyclic) bond motifs is 1. The fraction of sp³-hybridized carbons (Fsp3) is 0.200. The Labute approximate surface area is 90.6 Å². The van der Waals surface area contributed by atoms with Gasteiger partial charge < -0.3 is 0 Å². The van der Waals surface area contributed by atoms with Gasteiger partial charge in [0.1, 0.15) is 0 Å². The van der Waals surface area contributed by atoms with Crippen LogP contribution < -0.4 is 0 Å². The molecular weight excluding hydrogens is 180 g/mol. The van der Waals surface area contributed by atoms with Crippen molar-refractivity contribution in [3.8, 4) is 0 Å². The Balaban J connectivity index is 2.04.